The number of fused-ring (bicyclic) bond motifs is 1. The minimum Gasteiger partial charge on any atom is -0.494 e. The van der Waals surface area contributed by atoms with Crippen LogP contribution in [0.5, 0.6) is 0 Å². The molecule has 4 heteroatoms. The van der Waals surface area contributed by atoms with Gasteiger partial charge in [0.15, 0.2) is 0 Å². The van der Waals surface area contributed by atoms with Crippen LogP contribution in [0.15, 0.2) is 48.5 Å². The Bertz CT molecular complexity index is 966. The van der Waals surface area contributed by atoms with E-state index < -0.39 is 0 Å². The number of hydrogen-bond acceptors (Lipinski definition) is 2. The summed E-state index contributed by atoms with van der Waals surface area (Å²) in [4.78, 5) is 4.55. The third kappa shape index (κ3) is 3.24. The second kappa shape index (κ2) is 7.24. The van der Waals surface area contributed by atoms with Gasteiger partial charge in [-0.1, -0.05) is 29.8 Å². The molecule has 3 rings (SSSR count). The second-order valence-corrected chi connectivity index (χ2v) is 6.06. The van der Waals surface area contributed by atoms with Crippen LogP contribution in [0.25, 0.3) is 27.8 Å². The molecule has 0 unspecified atom stereocenters. The van der Waals surface area contributed by atoms with Crippen molar-refractivity contribution in [3.05, 3.63) is 70.6 Å². The van der Waals surface area contributed by atoms with Crippen LogP contribution in [0, 0.1) is 12.7 Å². The van der Waals surface area contributed by atoms with Crippen molar-refractivity contribution >= 4 is 28.3 Å². The number of allylic oxidation sites excluding steroid dienone is 1. The topological polar surface area (TPSA) is 22.1 Å². The number of aryl methyl sites for hydroxylation is 1. The molecule has 0 fully saturated rings. The molecule has 25 heavy (non-hydrogen) atoms. The van der Waals surface area contributed by atoms with Gasteiger partial charge in [0.2, 0.25) is 0 Å². The number of rotatable bonds is 4. The first kappa shape index (κ1) is 17.4. The van der Waals surface area contributed by atoms with Gasteiger partial charge in [-0.25, -0.2) is 4.39 Å². The van der Waals surface area contributed by atoms with Gasteiger partial charge in [0.05, 0.1) is 22.8 Å². The summed E-state index contributed by atoms with van der Waals surface area (Å²) >= 11 is 6.53. The largest absolute Gasteiger partial charge is 0.494 e. The van der Waals surface area contributed by atoms with E-state index in [1.54, 1.807) is 18.2 Å². The van der Waals surface area contributed by atoms with Crippen molar-refractivity contribution in [3.8, 4) is 11.1 Å². The Labute approximate surface area is 151 Å². The standard InChI is InChI=1S/C21H19ClFNO/c1-4-19(25-5-2)14-10-11-18-16(12-14)20(21(22)13(3)24-18)15-8-6-7-9-17(15)23/h4,6-12H,5H2,1-3H3. The summed E-state index contributed by atoms with van der Waals surface area (Å²) in [7, 11) is 0. The molecule has 2 nitrogen and oxygen atoms in total. The van der Waals surface area contributed by atoms with Crippen molar-refractivity contribution in [1.82, 2.24) is 4.98 Å². The zero-order chi connectivity index (χ0) is 18.0. The first-order valence-corrected chi connectivity index (χ1v) is 8.58. The van der Waals surface area contributed by atoms with E-state index in [0.717, 1.165) is 22.2 Å². The van der Waals surface area contributed by atoms with Gasteiger partial charge in [0.1, 0.15) is 11.6 Å². The fraction of sp³-hybridized carbons (Fsp3) is 0.190. The van der Waals surface area contributed by atoms with Gasteiger partial charge >= 0.3 is 0 Å². The SMILES string of the molecule is CC=C(OCC)c1ccc2nc(C)c(Cl)c(-c3ccccc3F)c2c1. The normalized spacial score (nSPS) is 11.8. The maximum atomic E-state index is 14.4. The van der Waals surface area contributed by atoms with Crippen LogP contribution in [-0.2, 0) is 4.74 Å². The number of ether oxygens (including phenoxy) is 1. The van der Waals surface area contributed by atoms with E-state index in [-0.39, 0.29) is 5.82 Å². The molecule has 0 aliphatic rings. The van der Waals surface area contributed by atoms with Crippen molar-refractivity contribution in [3.63, 3.8) is 0 Å². The van der Waals surface area contributed by atoms with E-state index in [9.17, 15) is 4.39 Å². The molecule has 3 aromatic rings. The lowest BCUT2D eigenvalue weighted by molar-refractivity contribution is 0.297. The summed E-state index contributed by atoms with van der Waals surface area (Å²) in [6, 6.07) is 12.5. The quantitative estimate of drug-likeness (QED) is 0.505. The molecule has 0 atom stereocenters. The van der Waals surface area contributed by atoms with Crippen LogP contribution in [0.4, 0.5) is 4.39 Å². The highest BCUT2D eigenvalue weighted by molar-refractivity contribution is 6.35. The van der Waals surface area contributed by atoms with Gasteiger partial charge < -0.3 is 4.74 Å². The molecule has 0 amide bonds. The number of pyridine rings is 1. The fourth-order valence-corrected chi connectivity index (χ4v) is 3.18. The number of hydrogen-bond donors (Lipinski definition) is 0. The van der Waals surface area contributed by atoms with E-state index in [4.69, 9.17) is 16.3 Å². The Morgan fingerprint density at radius 3 is 2.68 bits per heavy atom. The third-order valence-corrected chi connectivity index (χ3v) is 4.54. The molecular formula is C21H19ClFNO. The van der Waals surface area contributed by atoms with Gasteiger partial charge in [-0.3, -0.25) is 4.98 Å². The first-order valence-electron chi connectivity index (χ1n) is 8.21. The highest BCUT2D eigenvalue weighted by atomic mass is 35.5. The molecule has 0 bridgehead atoms. The van der Waals surface area contributed by atoms with E-state index >= 15 is 0 Å². The Hall–Kier alpha value is -2.39. The number of benzene rings is 2. The molecule has 0 spiro atoms. The minimum atomic E-state index is -0.308. The van der Waals surface area contributed by atoms with Crippen LogP contribution >= 0.6 is 11.6 Å². The third-order valence-electron chi connectivity index (χ3n) is 4.08. The molecule has 0 radical (unpaired) electrons. The Balaban J connectivity index is 2.34. The van der Waals surface area contributed by atoms with Crippen molar-refractivity contribution in [2.75, 3.05) is 6.61 Å². The van der Waals surface area contributed by atoms with E-state index in [0.29, 0.717) is 28.5 Å². The molecule has 128 valence electrons. The molecule has 2 aromatic carbocycles. The number of nitrogens with zero attached hydrogens (tertiary/aromatic N) is 1. The smallest absolute Gasteiger partial charge is 0.131 e. The van der Waals surface area contributed by atoms with Gasteiger partial charge in [0.25, 0.3) is 0 Å². The maximum Gasteiger partial charge on any atom is 0.131 e. The first-order chi connectivity index (χ1) is 12.1. The lowest BCUT2D eigenvalue weighted by atomic mass is 9.97. The Morgan fingerprint density at radius 2 is 2.00 bits per heavy atom. The van der Waals surface area contributed by atoms with Crippen LogP contribution < -0.4 is 0 Å². The van der Waals surface area contributed by atoms with Crippen molar-refractivity contribution < 1.29 is 9.13 Å². The minimum absolute atomic E-state index is 0.308. The van der Waals surface area contributed by atoms with Gasteiger partial charge in [0, 0.05) is 22.1 Å². The van der Waals surface area contributed by atoms with Crippen molar-refractivity contribution in [2.24, 2.45) is 0 Å². The van der Waals surface area contributed by atoms with Gasteiger partial charge in [-0.2, -0.15) is 0 Å². The summed E-state index contributed by atoms with van der Waals surface area (Å²) in [6.45, 7) is 6.27. The van der Waals surface area contributed by atoms with Gasteiger partial charge in [-0.05, 0) is 51.1 Å². The summed E-state index contributed by atoms with van der Waals surface area (Å²) < 4.78 is 20.1. The molecule has 0 aliphatic carbocycles. The molecule has 0 saturated heterocycles. The van der Waals surface area contributed by atoms with E-state index in [2.05, 4.69) is 4.98 Å². The summed E-state index contributed by atoms with van der Waals surface area (Å²) in [6.07, 6.45) is 1.91. The van der Waals surface area contributed by atoms with Crippen LogP contribution in [-0.4, -0.2) is 11.6 Å². The zero-order valence-electron chi connectivity index (χ0n) is 14.4. The maximum absolute atomic E-state index is 14.4. The molecule has 0 saturated carbocycles. The Morgan fingerprint density at radius 1 is 1.24 bits per heavy atom. The molecule has 1 aromatic heterocycles. The molecule has 0 N–H and O–H groups in total. The summed E-state index contributed by atoms with van der Waals surface area (Å²) in [5.41, 5.74) is 3.50. The van der Waals surface area contributed by atoms with E-state index in [1.165, 1.54) is 6.07 Å². The van der Waals surface area contributed by atoms with Crippen molar-refractivity contribution in [2.45, 2.75) is 20.8 Å². The fourth-order valence-electron chi connectivity index (χ4n) is 2.93. The summed E-state index contributed by atoms with van der Waals surface area (Å²) in [5.74, 6) is 0.471. The highest BCUT2D eigenvalue weighted by Gasteiger charge is 2.17. The Kier molecular flexibility index (Phi) is 5.05. The second-order valence-electron chi connectivity index (χ2n) is 5.68. The molecule has 1 heterocycles. The zero-order valence-corrected chi connectivity index (χ0v) is 15.2. The lowest BCUT2D eigenvalue weighted by Crippen LogP contribution is -1.96. The van der Waals surface area contributed by atoms with Crippen LogP contribution in [0.3, 0.4) is 0 Å². The summed E-state index contributed by atoms with van der Waals surface area (Å²) in [5, 5.41) is 1.27. The average Bonchev–Trinajstić information content (AvgIpc) is 2.62. The predicted octanol–water partition coefficient (Wildman–Crippen LogP) is 6.40. The molecule has 0 aliphatic heterocycles. The monoisotopic (exact) mass is 355 g/mol. The predicted molar refractivity (Wildman–Crippen MR) is 102 cm³/mol. The van der Waals surface area contributed by atoms with Gasteiger partial charge in [-0.15, -0.1) is 0 Å². The van der Waals surface area contributed by atoms with E-state index in [1.807, 2.05) is 45.0 Å². The molecular weight excluding hydrogens is 337 g/mol. The lowest BCUT2D eigenvalue weighted by Gasteiger charge is -2.14. The number of halogens is 2. The number of aromatic nitrogens is 1. The van der Waals surface area contributed by atoms with Crippen LogP contribution in [0.2, 0.25) is 5.02 Å². The van der Waals surface area contributed by atoms with Crippen LogP contribution in [0.1, 0.15) is 25.1 Å². The highest BCUT2D eigenvalue weighted by Crippen LogP contribution is 2.38. The van der Waals surface area contributed by atoms with Crippen molar-refractivity contribution in [1.29, 1.82) is 0 Å². The average molecular weight is 356 g/mol.